The molecule has 1 unspecified atom stereocenters. The average molecular weight is 261 g/mol. The van der Waals surface area contributed by atoms with Crippen molar-refractivity contribution in [3.05, 3.63) is 23.3 Å². The normalized spacial score (nSPS) is 22.3. The van der Waals surface area contributed by atoms with Gasteiger partial charge in [-0.1, -0.05) is 13.0 Å². The lowest BCUT2D eigenvalue weighted by Gasteiger charge is -2.26. The molecular weight excluding hydrogens is 238 g/mol. The third-order valence-electron chi connectivity index (χ3n) is 4.17. The van der Waals surface area contributed by atoms with Gasteiger partial charge in [0.25, 0.3) is 0 Å². The highest BCUT2D eigenvalue weighted by Gasteiger charge is 2.21. The molecule has 0 aliphatic carbocycles. The van der Waals surface area contributed by atoms with E-state index in [0.29, 0.717) is 13.2 Å². The molecule has 2 aliphatic heterocycles. The Labute approximate surface area is 115 Å². The quantitative estimate of drug-likeness (QED) is 0.907. The zero-order valence-corrected chi connectivity index (χ0v) is 11.7. The van der Waals surface area contributed by atoms with Crippen LogP contribution in [0.2, 0.25) is 0 Å². The summed E-state index contributed by atoms with van der Waals surface area (Å²) in [6, 6.07) is 4.32. The lowest BCUT2D eigenvalue weighted by molar-refractivity contribution is 0.169. The van der Waals surface area contributed by atoms with Gasteiger partial charge in [-0.25, -0.2) is 0 Å². The molecule has 3 rings (SSSR count). The van der Waals surface area contributed by atoms with Gasteiger partial charge in [0.05, 0.1) is 0 Å². The van der Waals surface area contributed by atoms with E-state index in [1.165, 1.54) is 30.5 Å². The van der Waals surface area contributed by atoms with Crippen molar-refractivity contribution in [2.45, 2.75) is 32.6 Å². The van der Waals surface area contributed by atoms with E-state index in [0.717, 1.165) is 36.8 Å². The molecule has 0 aromatic heterocycles. The number of rotatable bonds is 3. The molecule has 104 valence electrons. The van der Waals surface area contributed by atoms with Gasteiger partial charge in [0, 0.05) is 5.56 Å². The Morgan fingerprint density at radius 3 is 2.95 bits per heavy atom. The van der Waals surface area contributed by atoms with Crippen LogP contribution in [0.3, 0.4) is 0 Å². The molecule has 2 heterocycles. The van der Waals surface area contributed by atoms with Crippen LogP contribution in [0.1, 0.15) is 30.9 Å². The van der Waals surface area contributed by atoms with Crippen LogP contribution < -0.4 is 14.8 Å². The third-order valence-corrected chi connectivity index (χ3v) is 4.17. The second-order valence-electron chi connectivity index (χ2n) is 5.50. The molecule has 2 aliphatic rings. The van der Waals surface area contributed by atoms with Crippen LogP contribution in [0.5, 0.6) is 11.5 Å². The number of hydrogen-bond donors (Lipinski definition) is 1. The molecule has 0 radical (unpaired) electrons. The van der Waals surface area contributed by atoms with Crippen molar-refractivity contribution >= 4 is 0 Å². The molecule has 0 bridgehead atoms. The van der Waals surface area contributed by atoms with Crippen LogP contribution >= 0.6 is 0 Å². The van der Waals surface area contributed by atoms with Crippen molar-refractivity contribution in [1.29, 1.82) is 0 Å². The Morgan fingerprint density at radius 2 is 2.16 bits per heavy atom. The van der Waals surface area contributed by atoms with E-state index in [9.17, 15) is 0 Å². The summed E-state index contributed by atoms with van der Waals surface area (Å²) in [5.41, 5.74) is 2.79. The Morgan fingerprint density at radius 1 is 1.26 bits per heavy atom. The zero-order chi connectivity index (χ0) is 13.1. The first-order valence-corrected chi connectivity index (χ1v) is 7.49. The minimum absolute atomic E-state index is 0.669. The number of piperidine rings is 1. The summed E-state index contributed by atoms with van der Waals surface area (Å²) in [5.74, 6) is 2.69. The summed E-state index contributed by atoms with van der Waals surface area (Å²) < 4.78 is 11.5. The molecular formula is C16H23NO2. The fourth-order valence-corrected chi connectivity index (χ4v) is 3.20. The first-order chi connectivity index (χ1) is 9.38. The van der Waals surface area contributed by atoms with Gasteiger partial charge in [-0.3, -0.25) is 0 Å². The van der Waals surface area contributed by atoms with Crippen molar-refractivity contribution in [2.24, 2.45) is 5.92 Å². The van der Waals surface area contributed by atoms with Gasteiger partial charge in [0.2, 0.25) is 0 Å². The lowest BCUT2D eigenvalue weighted by Crippen LogP contribution is -2.31. The van der Waals surface area contributed by atoms with E-state index in [2.05, 4.69) is 24.4 Å². The molecule has 1 fully saturated rings. The van der Waals surface area contributed by atoms with Crippen LogP contribution in [0.15, 0.2) is 12.1 Å². The van der Waals surface area contributed by atoms with Crippen molar-refractivity contribution in [2.75, 3.05) is 26.3 Å². The molecule has 3 heteroatoms. The number of ether oxygens (including phenoxy) is 2. The van der Waals surface area contributed by atoms with Crippen molar-refractivity contribution in [3.8, 4) is 11.5 Å². The Kier molecular flexibility index (Phi) is 3.92. The van der Waals surface area contributed by atoms with E-state index >= 15 is 0 Å². The summed E-state index contributed by atoms with van der Waals surface area (Å²) in [4.78, 5) is 0. The minimum Gasteiger partial charge on any atom is -0.486 e. The number of benzene rings is 1. The van der Waals surface area contributed by atoms with E-state index in [-0.39, 0.29) is 0 Å². The number of hydrogen-bond acceptors (Lipinski definition) is 3. The fraction of sp³-hybridized carbons (Fsp3) is 0.625. The highest BCUT2D eigenvalue weighted by atomic mass is 16.6. The second-order valence-corrected chi connectivity index (χ2v) is 5.50. The maximum atomic E-state index is 5.83. The van der Waals surface area contributed by atoms with Crippen LogP contribution in [0.4, 0.5) is 0 Å². The summed E-state index contributed by atoms with van der Waals surface area (Å²) in [5, 5.41) is 3.50. The van der Waals surface area contributed by atoms with E-state index in [4.69, 9.17) is 9.47 Å². The maximum Gasteiger partial charge on any atom is 0.164 e. The van der Waals surface area contributed by atoms with Gasteiger partial charge in [0.15, 0.2) is 11.5 Å². The van der Waals surface area contributed by atoms with Crippen molar-refractivity contribution in [1.82, 2.24) is 5.32 Å². The number of fused-ring (bicyclic) bond motifs is 1. The lowest BCUT2D eigenvalue weighted by atomic mass is 9.89. The standard InChI is InChI=1S/C16H23NO2/c1-2-14-13(10-12-4-3-7-17-11-12)5-6-15-16(14)19-9-8-18-15/h5-6,12,17H,2-4,7-11H2,1H3. The van der Waals surface area contributed by atoms with E-state index in [1.54, 1.807) is 0 Å². The average Bonchev–Trinajstić information content (AvgIpc) is 2.48. The Balaban J connectivity index is 1.83. The SMILES string of the molecule is CCc1c(CC2CCCNC2)ccc2c1OCCO2. The van der Waals surface area contributed by atoms with Crippen LogP contribution in [-0.2, 0) is 12.8 Å². The van der Waals surface area contributed by atoms with Gasteiger partial charge in [-0.05, 0) is 56.3 Å². The fourth-order valence-electron chi connectivity index (χ4n) is 3.20. The predicted molar refractivity (Wildman–Crippen MR) is 76.1 cm³/mol. The summed E-state index contributed by atoms with van der Waals surface area (Å²) >= 11 is 0. The van der Waals surface area contributed by atoms with Crippen LogP contribution in [0, 0.1) is 5.92 Å². The van der Waals surface area contributed by atoms with Gasteiger partial charge in [0.1, 0.15) is 13.2 Å². The van der Waals surface area contributed by atoms with Crippen molar-refractivity contribution in [3.63, 3.8) is 0 Å². The monoisotopic (exact) mass is 261 g/mol. The molecule has 1 aromatic carbocycles. The largest absolute Gasteiger partial charge is 0.486 e. The second kappa shape index (κ2) is 5.83. The molecule has 1 atom stereocenters. The van der Waals surface area contributed by atoms with Gasteiger partial charge >= 0.3 is 0 Å². The molecule has 19 heavy (non-hydrogen) atoms. The molecule has 0 spiro atoms. The molecule has 1 N–H and O–H groups in total. The topological polar surface area (TPSA) is 30.5 Å². The zero-order valence-electron chi connectivity index (χ0n) is 11.7. The highest BCUT2D eigenvalue weighted by molar-refractivity contribution is 5.51. The van der Waals surface area contributed by atoms with Crippen molar-refractivity contribution < 1.29 is 9.47 Å². The van der Waals surface area contributed by atoms with E-state index < -0.39 is 0 Å². The van der Waals surface area contributed by atoms with Gasteiger partial charge in [-0.2, -0.15) is 0 Å². The molecule has 3 nitrogen and oxygen atoms in total. The summed E-state index contributed by atoms with van der Waals surface area (Å²) in [6.07, 6.45) is 4.82. The summed E-state index contributed by atoms with van der Waals surface area (Å²) in [7, 11) is 0. The first kappa shape index (κ1) is 12.8. The first-order valence-electron chi connectivity index (χ1n) is 7.49. The Hall–Kier alpha value is -1.22. The molecule has 0 amide bonds. The molecule has 1 saturated heterocycles. The van der Waals surface area contributed by atoms with Gasteiger partial charge < -0.3 is 14.8 Å². The van der Waals surface area contributed by atoms with Gasteiger partial charge in [-0.15, -0.1) is 0 Å². The smallest absolute Gasteiger partial charge is 0.164 e. The van der Waals surface area contributed by atoms with E-state index in [1.807, 2.05) is 0 Å². The minimum atomic E-state index is 0.669. The highest BCUT2D eigenvalue weighted by Crippen LogP contribution is 2.37. The van der Waals surface area contributed by atoms with Crippen LogP contribution in [0.25, 0.3) is 0 Å². The Bertz CT molecular complexity index is 439. The summed E-state index contributed by atoms with van der Waals surface area (Å²) in [6.45, 7) is 5.88. The molecule has 0 saturated carbocycles. The molecule has 1 aromatic rings. The number of nitrogens with one attached hydrogen (secondary N) is 1. The van der Waals surface area contributed by atoms with Crippen LogP contribution in [-0.4, -0.2) is 26.3 Å². The predicted octanol–water partition coefficient (Wildman–Crippen LogP) is 2.56. The maximum absolute atomic E-state index is 5.83. The third kappa shape index (κ3) is 2.71.